The number of pyridine rings is 2. The van der Waals surface area contributed by atoms with Crippen LogP contribution in [0.25, 0.3) is 10.7 Å². The van der Waals surface area contributed by atoms with Gasteiger partial charge in [-0.1, -0.05) is 0 Å². The molecule has 0 aromatic carbocycles. The lowest BCUT2D eigenvalue weighted by Crippen LogP contribution is -2.44. The number of nitriles is 1. The first-order chi connectivity index (χ1) is 15.0. The van der Waals surface area contributed by atoms with Crippen molar-refractivity contribution in [3.63, 3.8) is 0 Å². The predicted molar refractivity (Wildman–Crippen MR) is 112 cm³/mol. The Labute approximate surface area is 181 Å². The van der Waals surface area contributed by atoms with E-state index in [1.54, 1.807) is 30.6 Å². The maximum atomic E-state index is 13.1. The van der Waals surface area contributed by atoms with Crippen molar-refractivity contribution in [3.05, 3.63) is 59.0 Å². The van der Waals surface area contributed by atoms with Crippen LogP contribution >= 0.6 is 11.3 Å². The van der Waals surface area contributed by atoms with Crippen molar-refractivity contribution in [3.8, 4) is 16.8 Å². The van der Waals surface area contributed by atoms with Crippen molar-refractivity contribution < 1.29 is 19.7 Å². The van der Waals surface area contributed by atoms with E-state index in [-0.39, 0.29) is 30.0 Å². The van der Waals surface area contributed by atoms with Crippen LogP contribution in [0.15, 0.2) is 42.2 Å². The number of ketones is 1. The van der Waals surface area contributed by atoms with Crippen LogP contribution in [0.5, 0.6) is 0 Å². The third-order valence-corrected chi connectivity index (χ3v) is 5.87. The molecule has 4 rings (SSSR count). The van der Waals surface area contributed by atoms with Crippen molar-refractivity contribution in [1.82, 2.24) is 15.0 Å². The molecule has 0 saturated carbocycles. The molecule has 9 nitrogen and oxygen atoms in total. The summed E-state index contributed by atoms with van der Waals surface area (Å²) in [4.78, 5) is 25.8. The van der Waals surface area contributed by atoms with Gasteiger partial charge in [-0.05, 0) is 29.3 Å². The van der Waals surface area contributed by atoms with Crippen LogP contribution in [0.3, 0.4) is 0 Å². The molecular formula is C21H19N5O4S. The van der Waals surface area contributed by atoms with E-state index in [1.165, 1.54) is 17.5 Å². The number of Topliss-reactive ketones (excluding diaryl/α,β-unsaturated/α-hetero) is 1. The number of carbonyl (C=O) groups excluding carboxylic acids is 1. The van der Waals surface area contributed by atoms with E-state index < -0.39 is 24.4 Å². The smallest absolute Gasteiger partial charge is 0.187 e. The summed E-state index contributed by atoms with van der Waals surface area (Å²) in [5.41, 5.74) is 8.15. The highest BCUT2D eigenvalue weighted by Gasteiger charge is 2.38. The topological polar surface area (TPSA) is 155 Å². The van der Waals surface area contributed by atoms with Gasteiger partial charge in [0.2, 0.25) is 0 Å². The fourth-order valence-electron chi connectivity index (χ4n) is 3.50. The molecule has 3 aromatic heterocycles. The van der Waals surface area contributed by atoms with Gasteiger partial charge < -0.3 is 20.7 Å². The summed E-state index contributed by atoms with van der Waals surface area (Å²) in [7, 11) is 0. The van der Waals surface area contributed by atoms with E-state index in [0.717, 1.165) is 0 Å². The maximum absolute atomic E-state index is 13.1. The zero-order chi connectivity index (χ0) is 22.0. The largest absolute Gasteiger partial charge is 0.397 e. The van der Waals surface area contributed by atoms with Gasteiger partial charge in [0, 0.05) is 36.8 Å². The van der Waals surface area contributed by atoms with Crippen molar-refractivity contribution in [2.75, 3.05) is 5.73 Å². The number of ether oxygens (including phenoxy) is 1. The Balaban J connectivity index is 1.61. The third kappa shape index (κ3) is 4.30. The highest BCUT2D eigenvalue weighted by Crippen LogP contribution is 2.34. The zero-order valence-electron chi connectivity index (χ0n) is 16.3. The summed E-state index contributed by atoms with van der Waals surface area (Å²) in [5, 5.41) is 31.7. The van der Waals surface area contributed by atoms with Crippen LogP contribution in [0.2, 0.25) is 0 Å². The number of hydrogen-bond donors (Lipinski definition) is 3. The van der Waals surface area contributed by atoms with Crippen molar-refractivity contribution in [1.29, 1.82) is 5.26 Å². The van der Waals surface area contributed by atoms with Gasteiger partial charge in [-0.15, -0.1) is 11.3 Å². The lowest BCUT2D eigenvalue weighted by Gasteiger charge is -2.34. The number of thiazole rings is 1. The molecule has 4 heterocycles. The zero-order valence-corrected chi connectivity index (χ0v) is 17.1. The van der Waals surface area contributed by atoms with E-state index in [0.29, 0.717) is 21.8 Å². The first-order valence-electron chi connectivity index (χ1n) is 9.51. The molecule has 0 amide bonds. The molecule has 1 saturated heterocycles. The Bertz CT molecular complexity index is 1130. The van der Waals surface area contributed by atoms with Crippen LogP contribution in [0.4, 0.5) is 5.69 Å². The summed E-state index contributed by atoms with van der Waals surface area (Å²) in [6, 6.07) is 6.87. The number of carbonyl (C=O) groups is 1. The van der Waals surface area contributed by atoms with Crippen molar-refractivity contribution >= 4 is 22.8 Å². The number of aliphatic hydroxyl groups is 2. The van der Waals surface area contributed by atoms with E-state index in [4.69, 9.17) is 10.5 Å². The quantitative estimate of drug-likeness (QED) is 0.505. The second-order valence-electron chi connectivity index (χ2n) is 7.11. The van der Waals surface area contributed by atoms with E-state index >= 15 is 0 Å². The molecule has 31 heavy (non-hydrogen) atoms. The molecule has 1 fully saturated rings. The highest BCUT2D eigenvalue weighted by molar-refractivity contribution is 7.13. The SMILES string of the molecule is N#C[C@H]1O[C@@H](c2ccncc2CC(=O)c2nc(-c3nccs3)ccc2N)C[C@@H](O)[C@@H]1O. The van der Waals surface area contributed by atoms with E-state index in [9.17, 15) is 20.3 Å². The van der Waals surface area contributed by atoms with Gasteiger partial charge >= 0.3 is 0 Å². The summed E-state index contributed by atoms with van der Waals surface area (Å²) in [6.45, 7) is 0. The molecule has 0 spiro atoms. The third-order valence-electron chi connectivity index (χ3n) is 5.08. The minimum Gasteiger partial charge on any atom is -0.397 e. The van der Waals surface area contributed by atoms with E-state index in [2.05, 4.69) is 15.0 Å². The molecular weight excluding hydrogens is 418 g/mol. The highest BCUT2D eigenvalue weighted by atomic mass is 32.1. The van der Waals surface area contributed by atoms with Gasteiger partial charge in [0.15, 0.2) is 11.9 Å². The molecule has 158 valence electrons. The van der Waals surface area contributed by atoms with Crippen LogP contribution in [0.1, 0.15) is 34.1 Å². The monoisotopic (exact) mass is 437 g/mol. The van der Waals surface area contributed by atoms with Gasteiger partial charge in [0.05, 0.1) is 29.7 Å². The van der Waals surface area contributed by atoms with Gasteiger partial charge in [0.25, 0.3) is 0 Å². The average Bonchev–Trinajstić information content (AvgIpc) is 3.31. The van der Waals surface area contributed by atoms with E-state index in [1.807, 2.05) is 11.4 Å². The molecule has 4 atom stereocenters. The van der Waals surface area contributed by atoms with Crippen LogP contribution in [-0.2, 0) is 11.2 Å². The molecule has 3 aromatic rings. The Morgan fingerprint density at radius 2 is 2.16 bits per heavy atom. The van der Waals surface area contributed by atoms with Gasteiger partial charge in [-0.25, -0.2) is 9.97 Å². The molecule has 0 radical (unpaired) electrons. The number of aliphatic hydroxyl groups excluding tert-OH is 2. The molecule has 1 aliphatic heterocycles. The number of hydrogen-bond acceptors (Lipinski definition) is 10. The summed E-state index contributed by atoms with van der Waals surface area (Å²) in [5.74, 6) is -0.307. The molecule has 1 aliphatic rings. The molecule has 4 N–H and O–H groups in total. The standard InChI is InChI=1S/C21H19N5O4S/c22-9-18-20(29)16(28)8-17(30-18)12-3-4-24-10-11(12)7-15(27)19-13(23)1-2-14(26-19)21-25-5-6-31-21/h1-6,10,16-18,20,28-29H,7-8,23H2/t16-,17-,18-,20+/m1/s1. The lowest BCUT2D eigenvalue weighted by atomic mass is 9.91. The van der Waals surface area contributed by atoms with Crippen molar-refractivity contribution in [2.45, 2.75) is 37.3 Å². The first-order valence-corrected chi connectivity index (χ1v) is 10.4. The lowest BCUT2D eigenvalue weighted by molar-refractivity contribution is -0.150. The predicted octanol–water partition coefficient (Wildman–Crippen LogP) is 1.68. The van der Waals surface area contributed by atoms with Crippen LogP contribution in [0, 0.1) is 11.3 Å². The number of nitrogens with two attached hydrogens (primary N) is 1. The Kier molecular flexibility index (Phi) is 6.01. The summed E-state index contributed by atoms with van der Waals surface area (Å²) in [6.07, 6.45) is 0.543. The minimum absolute atomic E-state index is 0.0442. The number of aromatic nitrogens is 3. The average molecular weight is 437 g/mol. The second kappa shape index (κ2) is 8.87. The Hall–Kier alpha value is -3.23. The Morgan fingerprint density at radius 1 is 1.32 bits per heavy atom. The van der Waals surface area contributed by atoms with Gasteiger partial charge in [-0.3, -0.25) is 9.78 Å². The molecule has 10 heteroatoms. The second-order valence-corrected chi connectivity index (χ2v) is 8.01. The summed E-state index contributed by atoms with van der Waals surface area (Å²) < 4.78 is 5.67. The van der Waals surface area contributed by atoms with Gasteiger partial charge in [0.1, 0.15) is 16.8 Å². The molecule has 0 aliphatic carbocycles. The number of nitrogen functional groups attached to an aromatic ring is 1. The molecule has 0 unspecified atom stereocenters. The fourth-order valence-corrected chi connectivity index (χ4v) is 4.11. The van der Waals surface area contributed by atoms with Gasteiger partial charge in [-0.2, -0.15) is 5.26 Å². The first kappa shape index (κ1) is 21.0. The normalized spacial score (nSPS) is 23.3. The van der Waals surface area contributed by atoms with Crippen LogP contribution < -0.4 is 5.73 Å². The Morgan fingerprint density at radius 3 is 2.90 bits per heavy atom. The minimum atomic E-state index is -1.29. The molecule has 0 bridgehead atoms. The fraction of sp³-hybridized carbons (Fsp3) is 0.286. The summed E-state index contributed by atoms with van der Waals surface area (Å²) >= 11 is 1.41. The number of rotatable bonds is 5. The maximum Gasteiger partial charge on any atom is 0.187 e. The van der Waals surface area contributed by atoms with Crippen LogP contribution in [-0.4, -0.2) is 49.3 Å². The van der Waals surface area contributed by atoms with Crippen molar-refractivity contribution in [2.24, 2.45) is 0 Å². The number of anilines is 1. The number of nitrogens with zero attached hydrogens (tertiary/aromatic N) is 4.